The van der Waals surface area contributed by atoms with Crippen molar-refractivity contribution >= 4 is 11.0 Å². The highest BCUT2D eigenvalue weighted by atomic mass is 16.5. The largest absolute Gasteiger partial charge is 0.459 e. The molecule has 0 radical (unpaired) electrons. The van der Waals surface area contributed by atoms with Crippen LogP contribution in [0.25, 0.3) is 11.0 Å². The topological polar surface area (TPSA) is 37.6 Å². The molecule has 2 rings (SSSR count). The average Bonchev–Trinajstić information content (AvgIpc) is 2.91. The molecule has 0 fully saturated rings. The van der Waals surface area contributed by atoms with Crippen LogP contribution in [0.15, 0.2) is 34.7 Å². The maximum absolute atomic E-state index is 5.95. The van der Waals surface area contributed by atoms with Crippen LogP contribution in [0.5, 0.6) is 0 Å². The van der Waals surface area contributed by atoms with Crippen LogP contribution in [0.3, 0.4) is 0 Å². The van der Waals surface area contributed by atoms with E-state index in [-0.39, 0.29) is 6.04 Å². The molecule has 0 aliphatic rings. The van der Waals surface area contributed by atoms with Crippen molar-refractivity contribution in [2.75, 3.05) is 40.4 Å². The van der Waals surface area contributed by atoms with E-state index in [4.69, 9.17) is 9.15 Å². The average molecular weight is 276 g/mol. The Balaban J connectivity index is 2.10. The Kier molecular flexibility index (Phi) is 5.59. The van der Waals surface area contributed by atoms with Gasteiger partial charge < -0.3 is 14.5 Å². The second-order valence-corrected chi connectivity index (χ2v) is 4.91. The summed E-state index contributed by atoms with van der Waals surface area (Å²) in [5.41, 5.74) is 0.947. The molecule has 0 bridgehead atoms. The summed E-state index contributed by atoms with van der Waals surface area (Å²) < 4.78 is 11.1. The number of benzene rings is 1. The number of rotatable bonds is 8. The van der Waals surface area contributed by atoms with E-state index in [0.717, 1.165) is 43.0 Å². The number of fused-ring (bicyclic) bond motifs is 1. The Morgan fingerprint density at radius 3 is 2.80 bits per heavy atom. The maximum Gasteiger partial charge on any atom is 0.134 e. The Morgan fingerprint density at radius 2 is 2.15 bits per heavy atom. The van der Waals surface area contributed by atoms with E-state index in [1.165, 1.54) is 0 Å². The second-order valence-electron chi connectivity index (χ2n) is 4.91. The lowest BCUT2D eigenvalue weighted by molar-refractivity contribution is 0.142. The molecule has 4 heteroatoms. The highest BCUT2D eigenvalue weighted by Crippen LogP contribution is 2.24. The quantitative estimate of drug-likeness (QED) is 0.804. The van der Waals surface area contributed by atoms with E-state index in [1.807, 2.05) is 25.2 Å². The van der Waals surface area contributed by atoms with Crippen LogP contribution < -0.4 is 5.32 Å². The third kappa shape index (κ3) is 3.60. The molecule has 2 aromatic rings. The molecule has 20 heavy (non-hydrogen) atoms. The van der Waals surface area contributed by atoms with Gasteiger partial charge in [-0.2, -0.15) is 0 Å². The van der Waals surface area contributed by atoms with Gasteiger partial charge in [-0.3, -0.25) is 4.90 Å². The lowest BCUT2D eigenvalue weighted by atomic mass is 10.2. The fourth-order valence-electron chi connectivity index (χ4n) is 2.35. The Labute approximate surface area is 120 Å². The summed E-state index contributed by atoms with van der Waals surface area (Å²) in [7, 11) is 3.71. The van der Waals surface area contributed by atoms with Crippen LogP contribution in [0, 0.1) is 0 Å². The van der Waals surface area contributed by atoms with Gasteiger partial charge in [0, 0.05) is 25.6 Å². The minimum atomic E-state index is 0.194. The predicted octanol–water partition coefficient (Wildman–Crippen LogP) is 2.66. The molecule has 110 valence electrons. The lowest BCUT2D eigenvalue weighted by Crippen LogP contribution is -2.35. The van der Waals surface area contributed by atoms with Crippen molar-refractivity contribution in [3.05, 3.63) is 36.1 Å². The first-order chi connectivity index (χ1) is 9.78. The standard InChI is InChI=1S/C16H24N2O2/c1-4-18(9-10-19-3)12-14(17-2)16-11-13-7-5-6-8-15(13)20-16/h5-8,11,14,17H,4,9-10,12H2,1-3H3. The Hall–Kier alpha value is -1.36. The van der Waals surface area contributed by atoms with Gasteiger partial charge in [0.25, 0.3) is 0 Å². The molecule has 1 atom stereocenters. The fourth-order valence-corrected chi connectivity index (χ4v) is 2.35. The van der Waals surface area contributed by atoms with Crippen molar-refractivity contribution in [1.29, 1.82) is 0 Å². The Bertz CT molecular complexity index is 491. The van der Waals surface area contributed by atoms with Crippen LogP contribution in [-0.4, -0.2) is 45.3 Å². The van der Waals surface area contributed by atoms with Gasteiger partial charge in [0.15, 0.2) is 0 Å². The molecule has 1 aromatic carbocycles. The number of methoxy groups -OCH3 is 1. The van der Waals surface area contributed by atoms with E-state index < -0.39 is 0 Å². The summed E-state index contributed by atoms with van der Waals surface area (Å²) in [6.45, 7) is 5.77. The SMILES string of the molecule is CCN(CCOC)CC(NC)c1cc2ccccc2o1. The van der Waals surface area contributed by atoms with Crippen LogP contribution in [-0.2, 0) is 4.74 Å². The molecular weight excluding hydrogens is 252 g/mol. The van der Waals surface area contributed by atoms with Gasteiger partial charge in [0.2, 0.25) is 0 Å². The highest BCUT2D eigenvalue weighted by Gasteiger charge is 2.17. The molecule has 0 spiro atoms. The highest BCUT2D eigenvalue weighted by molar-refractivity contribution is 5.77. The predicted molar refractivity (Wildman–Crippen MR) is 82.0 cm³/mol. The summed E-state index contributed by atoms with van der Waals surface area (Å²) in [5.74, 6) is 0.990. The summed E-state index contributed by atoms with van der Waals surface area (Å²) in [6.07, 6.45) is 0. The summed E-state index contributed by atoms with van der Waals surface area (Å²) in [4.78, 5) is 2.36. The molecule has 1 heterocycles. The molecule has 0 saturated carbocycles. The summed E-state index contributed by atoms with van der Waals surface area (Å²) >= 11 is 0. The fraction of sp³-hybridized carbons (Fsp3) is 0.500. The van der Waals surface area contributed by atoms with Crippen LogP contribution >= 0.6 is 0 Å². The second kappa shape index (κ2) is 7.43. The number of nitrogens with one attached hydrogen (secondary N) is 1. The maximum atomic E-state index is 5.95. The summed E-state index contributed by atoms with van der Waals surface area (Å²) in [6, 6.07) is 10.4. The number of likely N-dealkylation sites (N-methyl/N-ethyl adjacent to an activating group) is 2. The molecular formula is C16H24N2O2. The van der Waals surface area contributed by atoms with Crippen molar-refractivity contribution in [1.82, 2.24) is 10.2 Å². The number of hydrogen-bond acceptors (Lipinski definition) is 4. The van der Waals surface area contributed by atoms with Gasteiger partial charge in [0.1, 0.15) is 11.3 Å². The summed E-state index contributed by atoms with van der Waals surface area (Å²) in [5, 5.41) is 4.50. The van der Waals surface area contributed by atoms with Crippen molar-refractivity contribution in [2.45, 2.75) is 13.0 Å². The molecule has 0 aliphatic heterocycles. The zero-order valence-electron chi connectivity index (χ0n) is 12.6. The first-order valence-corrected chi connectivity index (χ1v) is 7.15. The lowest BCUT2D eigenvalue weighted by Gasteiger charge is -2.24. The van der Waals surface area contributed by atoms with Crippen LogP contribution in [0.1, 0.15) is 18.7 Å². The van der Waals surface area contributed by atoms with Crippen LogP contribution in [0.4, 0.5) is 0 Å². The third-order valence-electron chi connectivity index (χ3n) is 3.64. The van der Waals surface area contributed by atoms with Crippen LogP contribution in [0.2, 0.25) is 0 Å². The third-order valence-corrected chi connectivity index (χ3v) is 3.64. The van der Waals surface area contributed by atoms with Gasteiger partial charge in [-0.15, -0.1) is 0 Å². The number of hydrogen-bond donors (Lipinski definition) is 1. The minimum Gasteiger partial charge on any atom is -0.459 e. The molecule has 1 aromatic heterocycles. The van der Waals surface area contributed by atoms with Crippen molar-refractivity contribution in [3.63, 3.8) is 0 Å². The van der Waals surface area contributed by atoms with Crippen molar-refractivity contribution in [3.8, 4) is 0 Å². The molecule has 0 amide bonds. The number of nitrogens with zero attached hydrogens (tertiary/aromatic N) is 1. The molecule has 1 N–H and O–H groups in total. The molecule has 1 unspecified atom stereocenters. The first-order valence-electron chi connectivity index (χ1n) is 7.15. The van der Waals surface area contributed by atoms with Gasteiger partial charge in [-0.25, -0.2) is 0 Å². The zero-order valence-corrected chi connectivity index (χ0v) is 12.6. The van der Waals surface area contributed by atoms with Gasteiger partial charge in [-0.1, -0.05) is 25.1 Å². The first kappa shape index (κ1) is 15.0. The van der Waals surface area contributed by atoms with E-state index in [0.29, 0.717) is 0 Å². The number of ether oxygens (including phenoxy) is 1. The number of para-hydroxylation sites is 1. The van der Waals surface area contributed by atoms with Gasteiger partial charge in [0.05, 0.1) is 12.6 Å². The normalized spacial score (nSPS) is 13.2. The van der Waals surface area contributed by atoms with Crippen molar-refractivity contribution < 1.29 is 9.15 Å². The molecule has 0 aliphatic carbocycles. The smallest absolute Gasteiger partial charge is 0.134 e. The molecule has 4 nitrogen and oxygen atoms in total. The molecule has 0 saturated heterocycles. The van der Waals surface area contributed by atoms with Gasteiger partial charge >= 0.3 is 0 Å². The van der Waals surface area contributed by atoms with Gasteiger partial charge in [-0.05, 0) is 25.7 Å². The minimum absolute atomic E-state index is 0.194. The monoisotopic (exact) mass is 276 g/mol. The zero-order chi connectivity index (χ0) is 14.4. The van der Waals surface area contributed by atoms with Crippen molar-refractivity contribution in [2.24, 2.45) is 0 Å². The van der Waals surface area contributed by atoms with E-state index in [9.17, 15) is 0 Å². The van der Waals surface area contributed by atoms with E-state index in [2.05, 4.69) is 29.3 Å². The van der Waals surface area contributed by atoms with E-state index >= 15 is 0 Å². The number of furan rings is 1. The van der Waals surface area contributed by atoms with E-state index in [1.54, 1.807) is 7.11 Å². The Morgan fingerprint density at radius 1 is 1.35 bits per heavy atom.